The van der Waals surface area contributed by atoms with Gasteiger partial charge in [0.1, 0.15) is 0 Å². The van der Waals surface area contributed by atoms with Crippen LogP contribution in [0.5, 0.6) is 0 Å². The number of morpholine rings is 1. The SMILES string of the molecule is C=CCN(CCOC)CCC1COCCN1. The smallest absolute Gasteiger partial charge is 0.0620 e. The molecular weight excluding hydrogens is 204 g/mol. The minimum absolute atomic E-state index is 0.503. The van der Waals surface area contributed by atoms with Crippen molar-refractivity contribution in [3.63, 3.8) is 0 Å². The fourth-order valence-electron chi connectivity index (χ4n) is 1.84. The second-order valence-corrected chi connectivity index (χ2v) is 4.10. The maximum atomic E-state index is 5.43. The van der Waals surface area contributed by atoms with Gasteiger partial charge in [0.15, 0.2) is 0 Å². The molecule has 0 bridgehead atoms. The molecule has 4 heteroatoms. The fraction of sp³-hybridized carbons (Fsp3) is 0.833. The Kier molecular flexibility index (Phi) is 7.42. The minimum Gasteiger partial charge on any atom is -0.383 e. The van der Waals surface area contributed by atoms with Crippen LogP contribution in [0.3, 0.4) is 0 Å². The summed E-state index contributed by atoms with van der Waals surface area (Å²) in [6.45, 7) is 10.2. The summed E-state index contributed by atoms with van der Waals surface area (Å²) in [6, 6.07) is 0.503. The van der Waals surface area contributed by atoms with Crippen LogP contribution in [0.1, 0.15) is 6.42 Å². The van der Waals surface area contributed by atoms with Gasteiger partial charge in [-0.1, -0.05) is 6.08 Å². The monoisotopic (exact) mass is 228 g/mol. The number of ether oxygens (including phenoxy) is 2. The number of hydrogen-bond acceptors (Lipinski definition) is 4. The van der Waals surface area contributed by atoms with Gasteiger partial charge in [-0.15, -0.1) is 6.58 Å². The Bertz CT molecular complexity index is 182. The lowest BCUT2D eigenvalue weighted by Crippen LogP contribution is -2.43. The third kappa shape index (κ3) is 5.61. The summed E-state index contributed by atoms with van der Waals surface area (Å²) >= 11 is 0. The van der Waals surface area contributed by atoms with Crippen LogP contribution in [-0.2, 0) is 9.47 Å². The number of methoxy groups -OCH3 is 1. The van der Waals surface area contributed by atoms with Crippen molar-refractivity contribution >= 4 is 0 Å². The van der Waals surface area contributed by atoms with Crippen molar-refractivity contribution in [1.82, 2.24) is 10.2 Å². The summed E-state index contributed by atoms with van der Waals surface area (Å²) in [5.41, 5.74) is 0. The summed E-state index contributed by atoms with van der Waals surface area (Å²) in [5, 5.41) is 3.46. The second kappa shape index (κ2) is 8.70. The Morgan fingerprint density at radius 1 is 1.56 bits per heavy atom. The van der Waals surface area contributed by atoms with Crippen molar-refractivity contribution < 1.29 is 9.47 Å². The molecule has 1 aliphatic heterocycles. The zero-order valence-corrected chi connectivity index (χ0v) is 10.3. The molecule has 0 radical (unpaired) electrons. The minimum atomic E-state index is 0.503. The van der Waals surface area contributed by atoms with Gasteiger partial charge in [0, 0.05) is 39.3 Å². The van der Waals surface area contributed by atoms with Gasteiger partial charge in [-0.3, -0.25) is 4.90 Å². The largest absolute Gasteiger partial charge is 0.383 e. The average molecular weight is 228 g/mol. The molecule has 0 saturated carbocycles. The van der Waals surface area contributed by atoms with Gasteiger partial charge in [-0.2, -0.15) is 0 Å². The van der Waals surface area contributed by atoms with Crippen LogP contribution < -0.4 is 5.32 Å². The van der Waals surface area contributed by atoms with Crippen molar-refractivity contribution in [2.45, 2.75) is 12.5 Å². The highest BCUT2D eigenvalue weighted by atomic mass is 16.5. The Hall–Kier alpha value is -0.420. The molecule has 0 spiro atoms. The van der Waals surface area contributed by atoms with Crippen molar-refractivity contribution in [2.24, 2.45) is 0 Å². The first kappa shape index (κ1) is 13.6. The normalized spacial score (nSPS) is 21.2. The molecule has 94 valence electrons. The molecule has 0 aromatic carbocycles. The lowest BCUT2D eigenvalue weighted by molar-refractivity contribution is 0.0688. The predicted molar refractivity (Wildman–Crippen MR) is 65.7 cm³/mol. The van der Waals surface area contributed by atoms with Crippen molar-refractivity contribution in [2.75, 3.05) is 53.1 Å². The topological polar surface area (TPSA) is 33.7 Å². The van der Waals surface area contributed by atoms with E-state index in [0.717, 1.165) is 52.4 Å². The molecule has 0 amide bonds. The molecule has 1 atom stereocenters. The van der Waals surface area contributed by atoms with Crippen LogP contribution >= 0.6 is 0 Å². The lowest BCUT2D eigenvalue weighted by atomic mass is 10.2. The Labute approximate surface area is 98.6 Å². The van der Waals surface area contributed by atoms with E-state index in [2.05, 4.69) is 16.8 Å². The molecule has 1 N–H and O–H groups in total. The van der Waals surface area contributed by atoms with E-state index in [0.29, 0.717) is 6.04 Å². The van der Waals surface area contributed by atoms with E-state index in [-0.39, 0.29) is 0 Å². The van der Waals surface area contributed by atoms with E-state index in [4.69, 9.17) is 9.47 Å². The van der Waals surface area contributed by atoms with Crippen molar-refractivity contribution in [3.05, 3.63) is 12.7 Å². The van der Waals surface area contributed by atoms with Gasteiger partial charge >= 0.3 is 0 Å². The third-order valence-corrected chi connectivity index (χ3v) is 2.79. The van der Waals surface area contributed by atoms with Crippen LogP contribution in [0.25, 0.3) is 0 Å². The van der Waals surface area contributed by atoms with Crippen LogP contribution in [0, 0.1) is 0 Å². The zero-order chi connectivity index (χ0) is 11.6. The molecule has 0 aromatic rings. The van der Waals surface area contributed by atoms with Crippen LogP contribution in [0.4, 0.5) is 0 Å². The van der Waals surface area contributed by atoms with Gasteiger partial charge in [-0.05, 0) is 6.42 Å². The van der Waals surface area contributed by atoms with Gasteiger partial charge in [0.05, 0.1) is 19.8 Å². The first-order valence-corrected chi connectivity index (χ1v) is 6.00. The molecule has 1 saturated heterocycles. The highest BCUT2D eigenvalue weighted by Crippen LogP contribution is 2.01. The van der Waals surface area contributed by atoms with Crippen LogP contribution in [-0.4, -0.2) is 64.1 Å². The summed E-state index contributed by atoms with van der Waals surface area (Å²) in [4.78, 5) is 2.35. The van der Waals surface area contributed by atoms with Crippen molar-refractivity contribution in [3.8, 4) is 0 Å². The fourth-order valence-corrected chi connectivity index (χ4v) is 1.84. The van der Waals surface area contributed by atoms with Crippen LogP contribution in [0.2, 0.25) is 0 Å². The van der Waals surface area contributed by atoms with Gasteiger partial charge in [0.25, 0.3) is 0 Å². The van der Waals surface area contributed by atoms with E-state index in [9.17, 15) is 0 Å². The first-order valence-electron chi connectivity index (χ1n) is 6.00. The van der Waals surface area contributed by atoms with Gasteiger partial charge in [0.2, 0.25) is 0 Å². The van der Waals surface area contributed by atoms with E-state index in [1.165, 1.54) is 0 Å². The molecule has 0 aliphatic carbocycles. The molecule has 1 aliphatic rings. The quantitative estimate of drug-likeness (QED) is 0.613. The number of nitrogens with zero attached hydrogens (tertiary/aromatic N) is 1. The average Bonchev–Trinajstić information content (AvgIpc) is 2.34. The van der Waals surface area contributed by atoms with Crippen LogP contribution in [0.15, 0.2) is 12.7 Å². The molecule has 1 unspecified atom stereocenters. The predicted octanol–water partition coefficient (Wildman–Crippen LogP) is 0.499. The Morgan fingerprint density at radius 3 is 3.06 bits per heavy atom. The maximum absolute atomic E-state index is 5.43. The summed E-state index contributed by atoms with van der Waals surface area (Å²) < 4.78 is 10.5. The second-order valence-electron chi connectivity index (χ2n) is 4.10. The summed E-state index contributed by atoms with van der Waals surface area (Å²) in [5.74, 6) is 0. The molecule has 1 rings (SSSR count). The van der Waals surface area contributed by atoms with E-state index in [1.54, 1.807) is 7.11 Å². The number of hydrogen-bond donors (Lipinski definition) is 1. The van der Waals surface area contributed by atoms with E-state index in [1.807, 2.05) is 6.08 Å². The molecule has 16 heavy (non-hydrogen) atoms. The zero-order valence-electron chi connectivity index (χ0n) is 10.3. The van der Waals surface area contributed by atoms with Crippen molar-refractivity contribution in [1.29, 1.82) is 0 Å². The van der Waals surface area contributed by atoms with E-state index < -0.39 is 0 Å². The first-order chi connectivity index (χ1) is 7.86. The maximum Gasteiger partial charge on any atom is 0.0620 e. The Balaban J connectivity index is 2.16. The number of rotatable bonds is 8. The standard InChI is InChI=1S/C12H24N2O2/c1-3-6-14(8-10-15-2)7-4-12-11-16-9-5-13-12/h3,12-13H,1,4-11H2,2H3. The van der Waals surface area contributed by atoms with E-state index >= 15 is 0 Å². The number of nitrogens with one attached hydrogen (secondary N) is 1. The third-order valence-electron chi connectivity index (χ3n) is 2.79. The molecule has 0 aromatic heterocycles. The molecule has 1 fully saturated rings. The Morgan fingerprint density at radius 2 is 2.44 bits per heavy atom. The lowest BCUT2D eigenvalue weighted by Gasteiger charge is -2.27. The molecule has 4 nitrogen and oxygen atoms in total. The van der Waals surface area contributed by atoms with Gasteiger partial charge in [-0.25, -0.2) is 0 Å². The molecule has 1 heterocycles. The molecular formula is C12H24N2O2. The summed E-state index contributed by atoms with van der Waals surface area (Å²) in [7, 11) is 1.74. The van der Waals surface area contributed by atoms with Gasteiger partial charge < -0.3 is 14.8 Å². The highest BCUT2D eigenvalue weighted by Gasteiger charge is 2.13. The summed E-state index contributed by atoms with van der Waals surface area (Å²) in [6.07, 6.45) is 3.07. The highest BCUT2D eigenvalue weighted by molar-refractivity contribution is 4.76.